The molecule has 2 aromatic heterocycles. The van der Waals surface area contributed by atoms with E-state index in [1.165, 1.54) is 23.0 Å². The topological polar surface area (TPSA) is 79.5 Å². The Labute approximate surface area is 183 Å². The standard InChI is InChI=1S/C23H26N2O5S/c1-14-13-31-20-18(14)19(26)25(16-11-23(2,12-16)21(27)30-4)22(28)24(20)10-9-15-7-5-6-8-17(15)29-3/h5-8,13,16H,9-12H2,1-4H3. The molecule has 0 spiro atoms. The summed E-state index contributed by atoms with van der Waals surface area (Å²) in [5, 5.41) is 2.49. The molecule has 7 nitrogen and oxygen atoms in total. The van der Waals surface area contributed by atoms with Crippen LogP contribution in [-0.2, 0) is 22.5 Å². The van der Waals surface area contributed by atoms with E-state index < -0.39 is 5.41 Å². The SMILES string of the molecule is COC(=O)C1(C)CC(n2c(=O)c3c(C)csc3n(CCc3ccccc3OC)c2=O)C1. The maximum Gasteiger partial charge on any atom is 0.332 e. The van der Waals surface area contributed by atoms with Crippen LogP contribution < -0.4 is 16.0 Å². The Balaban J connectivity index is 1.75. The Hall–Kier alpha value is -2.87. The fraction of sp³-hybridized carbons (Fsp3) is 0.435. The number of aryl methyl sites for hydroxylation is 3. The summed E-state index contributed by atoms with van der Waals surface area (Å²) in [5.74, 6) is 0.469. The van der Waals surface area contributed by atoms with Crippen LogP contribution >= 0.6 is 11.3 Å². The van der Waals surface area contributed by atoms with Gasteiger partial charge in [-0.3, -0.25) is 18.7 Å². The summed E-state index contributed by atoms with van der Waals surface area (Å²) in [7, 11) is 2.99. The quantitative estimate of drug-likeness (QED) is 0.548. The molecular weight excluding hydrogens is 416 g/mol. The molecule has 4 rings (SSSR count). The van der Waals surface area contributed by atoms with Gasteiger partial charge in [0.15, 0.2) is 0 Å². The third-order valence-electron chi connectivity index (χ3n) is 6.28. The smallest absolute Gasteiger partial charge is 0.332 e. The van der Waals surface area contributed by atoms with Crippen LogP contribution in [0, 0.1) is 12.3 Å². The average molecular weight is 443 g/mol. The van der Waals surface area contributed by atoms with E-state index in [4.69, 9.17) is 9.47 Å². The minimum absolute atomic E-state index is 0.274. The summed E-state index contributed by atoms with van der Waals surface area (Å²) < 4.78 is 13.4. The molecule has 0 aliphatic heterocycles. The van der Waals surface area contributed by atoms with E-state index in [0.717, 1.165) is 16.9 Å². The van der Waals surface area contributed by atoms with E-state index in [2.05, 4.69) is 0 Å². The molecule has 0 saturated heterocycles. The van der Waals surface area contributed by atoms with Crippen LogP contribution in [0.3, 0.4) is 0 Å². The first-order valence-electron chi connectivity index (χ1n) is 10.2. The largest absolute Gasteiger partial charge is 0.496 e. The van der Waals surface area contributed by atoms with Gasteiger partial charge in [0.05, 0.1) is 25.0 Å². The lowest BCUT2D eigenvalue weighted by Gasteiger charge is -2.42. The van der Waals surface area contributed by atoms with Crippen LogP contribution in [0.1, 0.15) is 36.9 Å². The number of nitrogens with zero attached hydrogens (tertiary/aromatic N) is 2. The Morgan fingerprint density at radius 1 is 1.23 bits per heavy atom. The molecule has 0 bridgehead atoms. The minimum Gasteiger partial charge on any atom is -0.496 e. The van der Waals surface area contributed by atoms with Gasteiger partial charge in [0.1, 0.15) is 10.6 Å². The van der Waals surface area contributed by atoms with Gasteiger partial charge >= 0.3 is 11.7 Å². The van der Waals surface area contributed by atoms with Crippen molar-refractivity contribution in [3.8, 4) is 5.75 Å². The van der Waals surface area contributed by atoms with Crippen molar-refractivity contribution in [3.63, 3.8) is 0 Å². The molecule has 8 heteroatoms. The number of hydrogen-bond donors (Lipinski definition) is 0. The first-order valence-corrected chi connectivity index (χ1v) is 11.1. The van der Waals surface area contributed by atoms with Crippen LogP contribution in [-0.4, -0.2) is 29.3 Å². The Bertz CT molecular complexity index is 1260. The molecular formula is C23H26N2O5S. The summed E-state index contributed by atoms with van der Waals surface area (Å²) in [6.45, 7) is 4.13. The number of benzene rings is 1. The molecule has 1 aromatic carbocycles. The number of para-hydroxylation sites is 1. The van der Waals surface area contributed by atoms with Gasteiger partial charge in [-0.1, -0.05) is 18.2 Å². The van der Waals surface area contributed by atoms with E-state index in [1.54, 1.807) is 11.7 Å². The molecule has 1 aliphatic rings. The highest BCUT2D eigenvalue weighted by atomic mass is 32.1. The second-order valence-electron chi connectivity index (χ2n) is 8.38. The third kappa shape index (κ3) is 3.48. The van der Waals surface area contributed by atoms with Gasteiger partial charge in [0, 0.05) is 12.6 Å². The van der Waals surface area contributed by atoms with Gasteiger partial charge in [0.2, 0.25) is 0 Å². The molecule has 31 heavy (non-hydrogen) atoms. The number of fused-ring (bicyclic) bond motifs is 1. The van der Waals surface area contributed by atoms with Crippen LogP contribution in [0.25, 0.3) is 10.2 Å². The highest BCUT2D eigenvalue weighted by Crippen LogP contribution is 2.48. The van der Waals surface area contributed by atoms with Gasteiger partial charge in [0.25, 0.3) is 5.56 Å². The molecule has 3 aromatic rings. The molecule has 0 unspecified atom stereocenters. The summed E-state index contributed by atoms with van der Waals surface area (Å²) >= 11 is 1.41. The number of methoxy groups -OCH3 is 2. The number of esters is 1. The third-order valence-corrected chi connectivity index (χ3v) is 7.40. The van der Waals surface area contributed by atoms with Crippen LogP contribution in [0.15, 0.2) is 39.2 Å². The van der Waals surface area contributed by atoms with Crippen molar-refractivity contribution in [1.82, 2.24) is 9.13 Å². The molecule has 0 N–H and O–H groups in total. The lowest BCUT2D eigenvalue weighted by atomic mass is 9.66. The lowest BCUT2D eigenvalue weighted by Crippen LogP contribution is -2.51. The van der Waals surface area contributed by atoms with Gasteiger partial charge < -0.3 is 9.47 Å². The zero-order valence-corrected chi connectivity index (χ0v) is 19.0. The summed E-state index contributed by atoms with van der Waals surface area (Å²) in [4.78, 5) is 39.5. The van der Waals surface area contributed by atoms with Crippen molar-refractivity contribution in [2.75, 3.05) is 14.2 Å². The summed E-state index contributed by atoms with van der Waals surface area (Å²) in [5.41, 5.74) is 0.597. The van der Waals surface area contributed by atoms with Gasteiger partial charge in [-0.25, -0.2) is 4.79 Å². The second-order valence-corrected chi connectivity index (χ2v) is 9.24. The summed E-state index contributed by atoms with van der Waals surface area (Å²) in [6, 6.07) is 7.40. The van der Waals surface area contributed by atoms with E-state index in [9.17, 15) is 14.4 Å². The highest BCUT2D eigenvalue weighted by Gasteiger charge is 2.49. The first kappa shape index (κ1) is 21.4. The zero-order valence-electron chi connectivity index (χ0n) is 18.1. The fourth-order valence-electron chi connectivity index (χ4n) is 4.55. The van der Waals surface area contributed by atoms with Crippen LogP contribution in [0.2, 0.25) is 0 Å². The van der Waals surface area contributed by atoms with E-state index in [1.807, 2.05) is 43.5 Å². The van der Waals surface area contributed by atoms with Crippen molar-refractivity contribution in [3.05, 3.63) is 61.6 Å². The molecule has 1 fully saturated rings. The van der Waals surface area contributed by atoms with Gasteiger partial charge in [-0.15, -0.1) is 11.3 Å². The monoisotopic (exact) mass is 442 g/mol. The van der Waals surface area contributed by atoms with Crippen molar-refractivity contribution in [2.45, 2.75) is 45.7 Å². The van der Waals surface area contributed by atoms with Gasteiger partial charge in [-0.05, 0) is 55.7 Å². The van der Waals surface area contributed by atoms with Crippen LogP contribution in [0.4, 0.5) is 0 Å². The second kappa shape index (κ2) is 8.00. The van der Waals surface area contributed by atoms with Crippen molar-refractivity contribution >= 4 is 27.5 Å². The average Bonchev–Trinajstić information content (AvgIpc) is 3.13. The molecule has 0 radical (unpaired) electrons. The molecule has 1 saturated carbocycles. The van der Waals surface area contributed by atoms with Gasteiger partial charge in [-0.2, -0.15) is 0 Å². The number of carbonyl (C=O) groups is 1. The lowest BCUT2D eigenvalue weighted by molar-refractivity contribution is -0.159. The maximum atomic E-state index is 13.5. The highest BCUT2D eigenvalue weighted by molar-refractivity contribution is 7.17. The molecule has 0 amide bonds. The van der Waals surface area contributed by atoms with Crippen molar-refractivity contribution < 1.29 is 14.3 Å². The molecule has 164 valence electrons. The maximum absolute atomic E-state index is 13.5. The normalized spacial score (nSPS) is 20.5. The minimum atomic E-state index is -0.661. The predicted octanol–water partition coefficient (Wildman–Crippen LogP) is 3.30. The first-order chi connectivity index (χ1) is 14.8. The molecule has 1 aliphatic carbocycles. The van der Waals surface area contributed by atoms with E-state index >= 15 is 0 Å². The number of ether oxygens (including phenoxy) is 2. The number of hydrogen-bond acceptors (Lipinski definition) is 6. The number of carbonyl (C=O) groups excluding carboxylic acids is 1. The number of thiophene rings is 1. The zero-order chi connectivity index (χ0) is 22.3. The van der Waals surface area contributed by atoms with E-state index in [0.29, 0.717) is 36.0 Å². The Morgan fingerprint density at radius 2 is 1.94 bits per heavy atom. The molecule has 2 heterocycles. The predicted molar refractivity (Wildman–Crippen MR) is 120 cm³/mol. The fourth-order valence-corrected chi connectivity index (χ4v) is 5.62. The summed E-state index contributed by atoms with van der Waals surface area (Å²) in [6.07, 6.45) is 1.42. The molecule has 0 atom stereocenters. The van der Waals surface area contributed by atoms with Crippen LogP contribution in [0.5, 0.6) is 5.75 Å². The van der Waals surface area contributed by atoms with E-state index in [-0.39, 0.29) is 23.3 Å². The Morgan fingerprint density at radius 3 is 2.61 bits per heavy atom. The number of rotatable bonds is 6. The van der Waals surface area contributed by atoms with Crippen molar-refractivity contribution in [1.29, 1.82) is 0 Å². The van der Waals surface area contributed by atoms with Crippen molar-refractivity contribution in [2.24, 2.45) is 5.41 Å². The number of aromatic nitrogens is 2. The Kier molecular flexibility index (Phi) is 5.51.